The number of carbonyl (C=O) groups excluding carboxylic acids is 1. The van der Waals surface area contributed by atoms with E-state index >= 15 is 0 Å². The van der Waals surface area contributed by atoms with Crippen LogP contribution in [0.3, 0.4) is 0 Å². The zero-order chi connectivity index (χ0) is 17.6. The van der Waals surface area contributed by atoms with Gasteiger partial charge in [0.05, 0.1) is 0 Å². The van der Waals surface area contributed by atoms with Crippen molar-refractivity contribution in [1.29, 1.82) is 0 Å². The predicted octanol–water partition coefficient (Wildman–Crippen LogP) is 6.27. The van der Waals surface area contributed by atoms with Crippen molar-refractivity contribution in [3.8, 4) is 0 Å². The first-order valence-electron chi connectivity index (χ1n) is 9.80. The zero-order valence-electron chi connectivity index (χ0n) is 16.0. The highest BCUT2D eigenvalue weighted by Crippen LogP contribution is 2.64. The van der Waals surface area contributed by atoms with E-state index in [0.717, 1.165) is 12.8 Å². The lowest BCUT2D eigenvalue weighted by Crippen LogP contribution is -2.52. The average Bonchev–Trinajstić information content (AvgIpc) is 2.54. The molecule has 0 spiro atoms. The van der Waals surface area contributed by atoms with Crippen molar-refractivity contribution in [3.05, 3.63) is 36.5 Å². The standard InChI is InChI=1S/C23H34O/c1-6-9-20(24)23(5)14-8-13-22(4)18-12-15-21(3,7-2)16-17(18)10-11-19(22)23/h6-7,9,12,17,19H,2,8,10-11,13-16H2,1,3-5H3/t17-,19-,21-,22-,23+/m0/s1. The van der Waals surface area contributed by atoms with Crippen molar-refractivity contribution in [3.63, 3.8) is 0 Å². The molecule has 1 heteroatoms. The summed E-state index contributed by atoms with van der Waals surface area (Å²) in [4.78, 5) is 12.9. The van der Waals surface area contributed by atoms with Crippen LogP contribution in [0.2, 0.25) is 0 Å². The maximum atomic E-state index is 12.9. The molecular formula is C23H34O. The number of allylic oxidation sites excluding steroid dienone is 5. The fraction of sp³-hybridized carbons (Fsp3) is 0.696. The van der Waals surface area contributed by atoms with E-state index in [0.29, 0.717) is 17.6 Å². The van der Waals surface area contributed by atoms with Crippen molar-refractivity contribution in [2.75, 3.05) is 0 Å². The summed E-state index contributed by atoms with van der Waals surface area (Å²) in [5, 5.41) is 0. The smallest absolute Gasteiger partial charge is 0.161 e. The normalized spacial score (nSPS) is 45.2. The molecule has 0 unspecified atom stereocenters. The average molecular weight is 327 g/mol. The topological polar surface area (TPSA) is 17.1 Å². The lowest BCUT2D eigenvalue weighted by Gasteiger charge is -2.58. The molecule has 3 aliphatic carbocycles. The Kier molecular flexibility index (Phi) is 4.43. The maximum absolute atomic E-state index is 12.9. The molecule has 2 fully saturated rings. The van der Waals surface area contributed by atoms with Crippen LogP contribution in [0.4, 0.5) is 0 Å². The molecule has 0 radical (unpaired) electrons. The summed E-state index contributed by atoms with van der Waals surface area (Å²) in [7, 11) is 0. The summed E-state index contributed by atoms with van der Waals surface area (Å²) in [5.74, 6) is 1.55. The van der Waals surface area contributed by atoms with Crippen molar-refractivity contribution in [2.24, 2.45) is 28.1 Å². The molecule has 5 atom stereocenters. The quantitative estimate of drug-likeness (QED) is 0.441. The first kappa shape index (κ1) is 17.7. The molecule has 0 bridgehead atoms. The Morgan fingerprint density at radius 2 is 2.00 bits per heavy atom. The van der Waals surface area contributed by atoms with E-state index in [2.05, 4.69) is 39.5 Å². The highest BCUT2D eigenvalue weighted by molar-refractivity contribution is 5.95. The Bertz CT molecular complexity index is 597. The Morgan fingerprint density at radius 1 is 1.25 bits per heavy atom. The molecule has 0 aromatic rings. The van der Waals surface area contributed by atoms with Crippen LogP contribution in [0.25, 0.3) is 0 Å². The van der Waals surface area contributed by atoms with Gasteiger partial charge < -0.3 is 0 Å². The molecule has 24 heavy (non-hydrogen) atoms. The highest BCUT2D eigenvalue weighted by atomic mass is 16.1. The molecule has 1 nitrogen and oxygen atoms in total. The van der Waals surface area contributed by atoms with E-state index in [-0.39, 0.29) is 16.2 Å². The van der Waals surface area contributed by atoms with Crippen molar-refractivity contribution in [2.45, 2.75) is 72.6 Å². The molecule has 0 heterocycles. The van der Waals surface area contributed by atoms with Gasteiger partial charge in [0.15, 0.2) is 5.78 Å². The summed E-state index contributed by atoms with van der Waals surface area (Å²) < 4.78 is 0. The van der Waals surface area contributed by atoms with Crippen LogP contribution >= 0.6 is 0 Å². The maximum Gasteiger partial charge on any atom is 0.161 e. The van der Waals surface area contributed by atoms with Gasteiger partial charge in [0, 0.05) is 5.41 Å². The summed E-state index contributed by atoms with van der Waals surface area (Å²) in [5.41, 5.74) is 1.98. The lowest BCUT2D eigenvalue weighted by molar-refractivity contribution is -0.134. The van der Waals surface area contributed by atoms with E-state index in [1.807, 2.05) is 19.1 Å². The number of carbonyl (C=O) groups is 1. The third kappa shape index (κ3) is 2.55. The number of hydrogen-bond donors (Lipinski definition) is 0. The fourth-order valence-electron chi connectivity index (χ4n) is 6.25. The van der Waals surface area contributed by atoms with Crippen LogP contribution in [0.15, 0.2) is 36.5 Å². The fourth-order valence-corrected chi connectivity index (χ4v) is 6.25. The van der Waals surface area contributed by atoms with Gasteiger partial charge in [0.25, 0.3) is 0 Å². The monoisotopic (exact) mass is 326 g/mol. The molecule has 0 aliphatic heterocycles. The summed E-state index contributed by atoms with van der Waals surface area (Å²) in [6, 6.07) is 0. The minimum atomic E-state index is -0.176. The highest BCUT2D eigenvalue weighted by Gasteiger charge is 2.56. The van der Waals surface area contributed by atoms with Gasteiger partial charge in [-0.3, -0.25) is 4.79 Å². The molecule has 0 aromatic carbocycles. The first-order chi connectivity index (χ1) is 11.3. The van der Waals surface area contributed by atoms with Crippen LogP contribution in [-0.2, 0) is 4.79 Å². The summed E-state index contributed by atoms with van der Waals surface area (Å²) in [6.45, 7) is 13.1. The van der Waals surface area contributed by atoms with E-state index in [9.17, 15) is 4.79 Å². The molecule has 0 aromatic heterocycles. The van der Waals surface area contributed by atoms with Crippen LogP contribution in [0.1, 0.15) is 72.6 Å². The van der Waals surface area contributed by atoms with E-state index in [1.165, 1.54) is 32.1 Å². The third-order valence-electron chi connectivity index (χ3n) is 7.71. The SMILES string of the molecule is C=C[C@@]1(C)CC=C2[C@@H](CC[C@@H]3[C@](C)(C(=O)C=CC)CCC[C@@]23C)C1. The summed E-state index contributed by atoms with van der Waals surface area (Å²) in [6.07, 6.45) is 16.7. The van der Waals surface area contributed by atoms with Crippen LogP contribution in [0, 0.1) is 28.1 Å². The minimum absolute atomic E-state index is 0.176. The van der Waals surface area contributed by atoms with Crippen LogP contribution < -0.4 is 0 Å². The minimum Gasteiger partial charge on any atom is -0.294 e. The zero-order valence-corrected chi connectivity index (χ0v) is 16.0. The van der Waals surface area contributed by atoms with Crippen LogP contribution in [-0.4, -0.2) is 5.78 Å². The van der Waals surface area contributed by atoms with Gasteiger partial charge in [-0.05, 0) is 74.2 Å². The van der Waals surface area contributed by atoms with Gasteiger partial charge in [-0.25, -0.2) is 0 Å². The van der Waals surface area contributed by atoms with Gasteiger partial charge in [0.2, 0.25) is 0 Å². The van der Waals surface area contributed by atoms with Crippen molar-refractivity contribution < 1.29 is 4.79 Å². The van der Waals surface area contributed by atoms with Crippen molar-refractivity contribution >= 4 is 5.78 Å². The lowest BCUT2D eigenvalue weighted by atomic mass is 9.45. The summed E-state index contributed by atoms with van der Waals surface area (Å²) >= 11 is 0. The third-order valence-corrected chi connectivity index (χ3v) is 7.71. The number of hydrogen-bond acceptors (Lipinski definition) is 1. The number of fused-ring (bicyclic) bond motifs is 3. The number of ketones is 1. The molecule has 0 saturated heterocycles. The largest absolute Gasteiger partial charge is 0.294 e. The second kappa shape index (κ2) is 6.00. The molecule has 3 aliphatic rings. The van der Waals surface area contributed by atoms with E-state index in [4.69, 9.17) is 0 Å². The van der Waals surface area contributed by atoms with Gasteiger partial charge in [-0.1, -0.05) is 51.0 Å². The molecule has 0 amide bonds. The van der Waals surface area contributed by atoms with E-state index < -0.39 is 0 Å². The predicted molar refractivity (Wildman–Crippen MR) is 102 cm³/mol. The van der Waals surface area contributed by atoms with Crippen LogP contribution in [0.5, 0.6) is 0 Å². The Balaban J connectivity index is 1.98. The molecule has 132 valence electrons. The Hall–Kier alpha value is -1.11. The van der Waals surface area contributed by atoms with Gasteiger partial charge in [-0.2, -0.15) is 0 Å². The van der Waals surface area contributed by atoms with Gasteiger partial charge in [-0.15, -0.1) is 6.58 Å². The van der Waals surface area contributed by atoms with Gasteiger partial charge in [0.1, 0.15) is 0 Å². The molecule has 0 N–H and O–H groups in total. The first-order valence-corrected chi connectivity index (χ1v) is 9.80. The number of rotatable bonds is 3. The Morgan fingerprint density at radius 3 is 2.67 bits per heavy atom. The second-order valence-electron chi connectivity index (χ2n) is 9.31. The second-order valence-corrected chi connectivity index (χ2v) is 9.31. The molecule has 2 saturated carbocycles. The Labute approximate surface area is 148 Å². The van der Waals surface area contributed by atoms with E-state index in [1.54, 1.807) is 5.57 Å². The molecular weight excluding hydrogens is 292 g/mol. The van der Waals surface area contributed by atoms with Crippen molar-refractivity contribution in [1.82, 2.24) is 0 Å². The van der Waals surface area contributed by atoms with Gasteiger partial charge >= 0.3 is 0 Å². The molecule has 3 rings (SSSR count).